The molecule has 0 radical (unpaired) electrons. The molecule has 1 unspecified atom stereocenters. The van der Waals surface area contributed by atoms with Gasteiger partial charge in [0.25, 0.3) is 0 Å². The lowest BCUT2D eigenvalue weighted by atomic mass is 9.95. The summed E-state index contributed by atoms with van der Waals surface area (Å²) in [7, 11) is 0. The summed E-state index contributed by atoms with van der Waals surface area (Å²) in [5, 5.41) is 13.7. The minimum Gasteiger partial charge on any atom is -0.388 e. The maximum Gasteiger partial charge on any atom is 0.136 e. The molecule has 1 aromatic rings. The van der Waals surface area contributed by atoms with Gasteiger partial charge in [-0.3, -0.25) is 0 Å². The van der Waals surface area contributed by atoms with Gasteiger partial charge in [-0.25, -0.2) is 9.97 Å². The Bertz CT molecular complexity index is 499. The largest absolute Gasteiger partial charge is 0.388 e. The van der Waals surface area contributed by atoms with E-state index in [4.69, 9.17) is 4.98 Å². The van der Waals surface area contributed by atoms with Gasteiger partial charge in [0, 0.05) is 31.6 Å². The molecule has 0 amide bonds. The van der Waals surface area contributed by atoms with Crippen LogP contribution in [0.2, 0.25) is 0 Å². The molecule has 1 atom stereocenters. The molecule has 2 fully saturated rings. The van der Waals surface area contributed by atoms with Crippen molar-refractivity contribution in [1.29, 1.82) is 0 Å². The molecular weight excluding hydrogens is 264 g/mol. The minimum absolute atomic E-state index is 0.539. The molecule has 0 spiro atoms. The molecule has 2 aliphatic rings. The van der Waals surface area contributed by atoms with Gasteiger partial charge in [-0.2, -0.15) is 0 Å². The van der Waals surface area contributed by atoms with Crippen LogP contribution in [0.15, 0.2) is 6.07 Å². The zero-order valence-electron chi connectivity index (χ0n) is 13.1. The first-order chi connectivity index (χ1) is 10.1. The molecule has 1 aromatic heterocycles. The quantitative estimate of drug-likeness (QED) is 0.872. The highest BCUT2D eigenvalue weighted by Crippen LogP contribution is 2.39. The van der Waals surface area contributed by atoms with Crippen LogP contribution in [-0.2, 0) is 0 Å². The average molecular weight is 290 g/mol. The lowest BCUT2D eigenvalue weighted by Crippen LogP contribution is -2.46. The maximum atomic E-state index is 10.3. The molecule has 21 heavy (non-hydrogen) atoms. The second kappa shape index (κ2) is 5.79. The highest BCUT2D eigenvalue weighted by Gasteiger charge is 2.31. The van der Waals surface area contributed by atoms with Crippen LogP contribution in [0.25, 0.3) is 0 Å². The minimum atomic E-state index is -0.611. The number of rotatable bonds is 5. The van der Waals surface area contributed by atoms with Crippen molar-refractivity contribution in [2.75, 3.05) is 29.9 Å². The van der Waals surface area contributed by atoms with Crippen LogP contribution in [0.3, 0.4) is 0 Å². The lowest BCUT2D eigenvalue weighted by Gasteiger charge is -2.37. The van der Waals surface area contributed by atoms with Crippen molar-refractivity contribution in [1.82, 2.24) is 9.97 Å². The number of hydrogen-bond donors (Lipinski definition) is 2. The third kappa shape index (κ3) is 3.64. The third-order valence-corrected chi connectivity index (χ3v) is 4.23. The molecule has 1 aliphatic heterocycles. The molecule has 0 aromatic carbocycles. The highest BCUT2D eigenvalue weighted by atomic mass is 16.3. The molecule has 1 aliphatic carbocycles. The summed E-state index contributed by atoms with van der Waals surface area (Å²) in [6.45, 7) is 6.61. The summed E-state index contributed by atoms with van der Waals surface area (Å²) in [6, 6.07) is 2.03. The molecule has 1 saturated carbocycles. The van der Waals surface area contributed by atoms with Crippen LogP contribution in [-0.4, -0.2) is 40.3 Å². The first kappa shape index (κ1) is 14.6. The van der Waals surface area contributed by atoms with E-state index in [2.05, 4.69) is 22.1 Å². The highest BCUT2D eigenvalue weighted by molar-refractivity contribution is 5.50. The van der Waals surface area contributed by atoms with Crippen molar-refractivity contribution in [3.8, 4) is 0 Å². The predicted molar refractivity (Wildman–Crippen MR) is 84.9 cm³/mol. The Labute approximate surface area is 126 Å². The molecule has 5 nitrogen and oxygen atoms in total. The zero-order valence-corrected chi connectivity index (χ0v) is 13.1. The first-order valence-electron chi connectivity index (χ1n) is 8.17. The van der Waals surface area contributed by atoms with Crippen LogP contribution in [0.4, 0.5) is 11.6 Å². The van der Waals surface area contributed by atoms with Gasteiger partial charge >= 0.3 is 0 Å². The maximum absolute atomic E-state index is 10.3. The number of nitrogens with zero attached hydrogens (tertiary/aromatic N) is 3. The molecule has 1 saturated heterocycles. The number of anilines is 2. The van der Waals surface area contributed by atoms with Crippen molar-refractivity contribution in [3.05, 3.63) is 11.9 Å². The van der Waals surface area contributed by atoms with Crippen molar-refractivity contribution in [2.24, 2.45) is 0 Å². The fourth-order valence-electron chi connectivity index (χ4n) is 2.90. The summed E-state index contributed by atoms with van der Waals surface area (Å²) in [6.07, 6.45) is 5.36. The molecule has 2 N–H and O–H groups in total. The van der Waals surface area contributed by atoms with E-state index in [0.717, 1.165) is 49.8 Å². The summed E-state index contributed by atoms with van der Waals surface area (Å²) in [5.74, 6) is 3.40. The summed E-state index contributed by atoms with van der Waals surface area (Å²) < 4.78 is 0. The number of piperidine rings is 1. The third-order valence-electron chi connectivity index (χ3n) is 4.23. The standard InChI is InChI=1S/C16H26N4O/c1-3-8-17-13-10-14(19-15(18-13)12-5-6-12)20-9-4-7-16(2,21)11-20/h10,12,21H,3-9,11H2,1-2H3,(H,17,18,19). The molecule has 2 heterocycles. The number of β-amino-alcohol motifs (C(OH)–C–C–N with tert-alkyl or cyclic N) is 1. The number of hydrogen-bond acceptors (Lipinski definition) is 5. The predicted octanol–water partition coefficient (Wildman–Crippen LogP) is 2.53. The second-order valence-electron chi connectivity index (χ2n) is 6.69. The number of nitrogens with one attached hydrogen (secondary N) is 1. The van der Waals surface area contributed by atoms with Gasteiger partial charge in [0.1, 0.15) is 17.5 Å². The van der Waals surface area contributed by atoms with Gasteiger partial charge in [-0.05, 0) is 39.0 Å². The molecular formula is C16H26N4O. The van der Waals surface area contributed by atoms with E-state index in [1.165, 1.54) is 12.8 Å². The normalized spacial score (nSPS) is 26.0. The Morgan fingerprint density at radius 3 is 2.90 bits per heavy atom. The lowest BCUT2D eigenvalue weighted by molar-refractivity contribution is 0.0447. The number of aromatic nitrogens is 2. The Morgan fingerprint density at radius 2 is 2.24 bits per heavy atom. The molecule has 0 bridgehead atoms. The van der Waals surface area contributed by atoms with Crippen LogP contribution in [0, 0.1) is 0 Å². The average Bonchev–Trinajstić information content (AvgIpc) is 3.28. The van der Waals surface area contributed by atoms with E-state index in [-0.39, 0.29) is 0 Å². The van der Waals surface area contributed by atoms with E-state index in [1.807, 2.05) is 13.0 Å². The smallest absolute Gasteiger partial charge is 0.136 e. The van der Waals surface area contributed by atoms with Crippen LogP contribution in [0.1, 0.15) is 57.7 Å². The Hall–Kier alpha value is -1.36. The van der Waals surface area contributed by atoms with Gasteiger partial charge in [-0.1, -0.05) is 6.92 Å². The molecule has 116 valence electrons. The van der Waals surface area contributed by atoms with E-state index in [9.17, 15) is 5.11 Å². The van der Waals surface area contributed by atoms with Gasteiger partial charge < -0.3 is 15.3 Å². The van der Waals surface area contributed by atoms with Crippen molar-refractivity contribution < 1.29 is 5.11 Å². The fourth-order valence-corrected chi connectivity index (χ4v) is 2.90. The first-order valence-corrected chi connectivity index (χ1v) is 8.17. The second-order valence-corrected chi connectivity index (χ2v) is 6.69. The van der Waals surface area contributed by atoms with Gasteiger partial charge in [0.2, 0.25) is 0 Å². The SMILES string of the molecule is CCCNc1cc(N2CCCC(C)(O)C2)nc(C2CC2)n1. The van der Waals surface area contributed by atoms with E-state index in [0.29, 0.717) is 12.5 Å². The Kier molecular flexibility index (Phi) is 4.02. The van der Waals surface area contributed by atoms with E-state index >= 15 is 0 Å². The topological polar surface area (TPSA) is 61.3 Å². The Balaban J connectivity index is 1.83. The van der Waals surface area contributed by atoms with Gasteiger partial charge in [0.15, 0.2) is 0 Å². The summed E-state index contributed by atoms with van der Waals surface area (Å²) >= 11 is 0. The Morgan fingerprint density at radius 1 is 1.43 bits per heavy atom. The number of aliphatic hydroxyl groups is 1. The van der Waals surface area contributed by atoms with Crippen LogP contribution >= 0.6 is 0 Å². The summed E-state index contributed by atoms with van der Waals surface area (Å²) in [5.41, 5.74) is -0.611. The van der Waals surface area contributed by atoms with E-state index < -0.39 is 5.60 Å². The molecule has 5 heteroatoms. The fraction of sp³-hybridized carbons (Fsp3) is 0.750. The summed E-state index contributed by atoms with van der Waals surface area (Å²) in [4.78, 5) is 11.6. The monoisotopic (exact) mass is 290 g/mol. The van der Waals surface area contributed by atoms with Crippen LogP contribution < -0.4 is 10.2 Å². The molecule has 3 rings (SSSR count). The van der Waals surface area contributed by atoms with Crippen molar-refractivity contribution in [2.45, 2.75) is 57.5 Å². The van der Waals surface area contributed by atoms with Crippen LogP contribution in [0.5, 0.6) is 0 Å². The zero-order chi connectivity index (χ0) is 14.9. The van der Waals surface area contributed by atoms with Crippen molar-refractivity contribution >= 4 is 11.6 Å². The van der Waals surface area contributed by atoms with E-state index in [1.54, 1.807) is 0 Å². The van der Waals surface area contributed by atoms with Gasteiger partial charge in [-0.15, -0.1) is 0 Å². The van der Waals surface area contributed by atoms with Gasteiger partial charge in [0.05, 0.1) is 5.60 Å². The van der Waals surface area contributed by atoms with Crippen molar-refractivity contribution in [3.63, 3.8) is 0 Å².